The van der Waals surface area contributed by atoms with Crippen molar-refractivity contribution in [2.24, 2.45) is 5.41 Å². The van der Waals surface area contributed by atoms with Crippen LogP contribution in [0.15, 0.2) is 18.2 Å². The summed E-state index contributed by atoms with van der Waals surface area (Å²) in [5, 5.41) is 5.87. The molecule has 1 aliphatic rings. The Kier molecular flexibility index (Phi) is 5.29. The van der Waals surface area contributed by atoms with Crippen LogP contribution in [-0.2, 0) is 17.8 Å². The van der Waals surface area contributed by atoms with Crippen molar-refractivity contribution in [2.75, 3.05) is 18.4 Å². The van der Waals surface area contributed by atoms with Crippen LogP contribution in [-0.4, -0.2) is 29.9 Å². The van der Waals surface area contributed by atoms with Crippen LogP contribution in [0.1, 0.15) is 45.2 Å². The third-order valence-electron chi connectivity index (χ3n) is 4.02. The van der Waals surface area contributed by atoms with Gasteiger partial charge < -0.3 is 15.5 Å². The van der Waals surface area contributed by atoms with Gasteiger partial charge in [0.25, 0.3) is 0 Å². The normalized spacial score (nSPS) is 14.2. The van der Waals surface area contributed by atoms with Crippen molar-refractivity contribution in [3.63, 3.8) is 0 Å². The largest absolute Gasteiger partial charge is 0.338 e. The molecule has 0 aromatic heterocycles. The molecule has 1 aromatic carbocycles. The van der Waals surface area contributed by atoms with E-state index in [0.717, 1.165) is 29.7 Å². The molecule has 1 aliphatic heterocycles. The van der Waals surface area contributed by atoms with Crippen molar-refractivity contribution in [1.82, 2.24) is 10.2 Å². The van der Waals surface area contributed by atoms with Crippen molar-refractivity contribution in [3.05, 3.63) is 29.3 Å². The molecule has 0 bridgehead atoms. The van der Waals surface area contributed by atoms with E-state index < -0.39 is 0 Å². The fraction of sp³-hybridized carbons (Fsp3) is 0.556. The second kappa shape index (κ2) is 7.02. The summed E-state index contributed by atoms with van der Waals surface area (Å²) in [7, 11) is 0. The molecule has 3 amide bonds. The van der Waals surface area contributed by atoms with Gasteiger partial charge in [-0.1, -0.05) is 32.9 Å². The van der Waals surface area contributed by atoms with E-state index in [-0.39, 0.29) is 17.4 Å². The lowest BCUT2D eigenvalue weighted by molar-refractivity contribution is -0.114. The first-order valence-corrected chi connectivity index (χ1v) is 8.17. The highest BCUT2D eigenvalue weighted by atomic mass is 16.2. The van der Waals surface area contributed by atoms with Gasteiger partial charge in [-0.05, 0) is 35.4 Å². The highest BCUT2D eigenvalue weighted by Crippen LogP contribution is 2.26. The molecule has 23 heavy (non-hydrogen) atoms. The lowest BCUT2D eigenvalue weighted by atomic mass is 9.92. The predicted octanol–water partition coefficient (Wildman–Crippen LogP) is 3.15. The number of carbonyl (C=O) groups excluding carboxylic acids is 2. The minimum Gasteiger partial charge on any atom is -0.338 e. The molecule has 2 N–H and O–H groups in total. The van der Waals surface area contributed by atoms with E-state index in [2.05, 4.69) is 31.4 Å². The van der Waals surface area contributed by atoms with E-state index in [0.29, 0.717) is 19.6 Å². The van der Waals surface area contributed by atoms with Crippen molar-refractivity contribution in [1.29, 1.82) is 0 Å². The van der Waals surface area contributed by atoms with Crippen LogP contribution in [0.25, 0.3) is 0 Å². The van der Waals surface area contributed by atoms with Crippen molar-refractivity contribution in [2.45, 2.75) is 47.1 Å². The van der Waals surface area contributed by atoms with Gasteiger partial charge in [-0.3, -0.25) is 4.79 Å². The predicted molar refractivity (Wildman–Crippen MR) is 92.3 cm³/mol. The van der Waals surface area contributed by atoms with Gasteiger partial charge in [0.1, 0.15) is 0 Å². The molecule has 2 rings (SSSR count). The number of carbonyl (C=O) groups is 2. The van der Waals surface area contributed by atoms with Crippen LogP contribution >= 0.6 is 0 Å². The second-order valence-corrected chi connectivity index (χ2v) is 7.34. The molecule has 5 nitrogen and oxygen atoms in total. The summed E-state index contributed by atoms with van der Waals surface area (Å²) < 4.78 is 0. The molecule has 0 fully saturated rings. The number of benzene rings is 1. The molecule has 0 saturated heterocycles. The Morgan fingerprint density at radius 3 is 2.65 bits per heavy atom. The van der Waals surface area contributed by atoms with Crippen LogP contribution in [0.5, 0.6) is 0 Å². The Bertz CT molecular complexity index is 590. The number of hydrogen-bond acceptors (Lipinski definition) is 2. The van der Waals surface area contributed by atoms with E-state index in [1.807, 2.05) is 23.1 Å². The topological polar surface area (TPSA) is 61.4 Å². The summed E-state index contributed by atoms with van der Waals surface area (Å²) in [5.74, 6) is -0.0687. The maximum Gasteiger partial charge on any atom is 0.317 e. The lowest BCUT2D eigenvalue weighted by Crippen LogP contribution is -2.43. The SMILES string of the molecule is CC(=O)Nc1cccc2c1CCN(C(=O)NCCC(C)(C)C)C2. The molecule has 0 unspecified atom stereocenters. The zero-order chi connectivity index (χ0) is 17.0. The number of nitrogens with zero attached hydrogens (tertiary/aromatic N) is 1. The van der Waals surface area contributed by atoms with Gasteiger partial charge in [-0.2, -0.15) is 0 Å². The summed E-state index contributed by atoms with van der Waals surface area (Å²) >= 11 is 0. The minimum atomic E-state index is -0.0687. The highest BCUT2D eigenvalue weighted by molar-refractivity contribution is 5.90. The zero-order valence-electron chi connectivity index (χ0n) is 14.5. The van der Waals surface area contributed by atoms with Gasteiger partial charge in [-0.25, -0.2) is 4.79 Å². The number of nitrogens with one attached hydrogen (secondary N) is 2. The molecule has 5 heteroatoms. The highest BCUT2D eigenvalue weighted by Gasteiger charge is 2.22. The number of rotatable bonds is 3. The van der Waals surface area contributed by atoms with Gasteiger partial charge in [-0.15, -0.1) is 0 Å². The van der Waals surface area contributed by atoms with Gasteiger partial charge in [0.15, 0.2) is 0 Å². The summed E-state index contributed by atoms with van der Waals surface area (Å²) in [6.45, 7) is 9.96. The second-order valence-electron chi connectivity index (χ2n) is 7.34. The Morgan fingerprint density at radius 1 is 1.26 bits per heavy atom. The van der Waals surface area contributed by atoms with Gasteiger partial charge in [0.2, 0.25) is 5.91 Å². The van der Waals surface area contributed by atoms with Crippen LogP contribution in [0.4, 0.5) is 10.5 Å². The standard InChI is InChI=1S/C18H27N3O2/c1-13(22)20-16-7-5-6-14-12-21(11-8-15(14)16)17(23)19-10-9-18(2,3)4/h5-7H,8-12H2,1-4H3,(H,19,23)(H,20,22). The summed E-state index contributed by atoms with van der Waals surface area (Å²) in [6.07, 6.45) is 1.72. The first-order valence-electron chi connectivity index (χ1n) is 8.17. The van der Waals surface area contributed by atoms with Crippen LogP contribution in [0.3, 0.4) is 0 Å². The number of hydrogen-bond donors (Lipinski definition) is 2. The van der Waals surface area contributed by atoms with Gasteiger partial charge in [0, 0.05) is 32.2 Å². The smallest absolute Gasteiger partial charge is 0.317 e. The van der Waals surface area contributed by atoms with E-state index in [4.69, 9.17) is 0 Å². The molecule has 0 atom stereocenters. The molecular weight excluding hydrogens is 290 g/mol. The molecular formula is C18H27N3O2. The zero-order valence-corrected chi connectivity index (χ0v) is 14.5. The molecule has 1 aromatic rings. The Balaban J connectivity index is 1.98. The lowest BCUT2D eigenvalue weighted by Gasteiger charge is -2.30. The summed E-state index contributed by atoms with van der Waals surface area (Å²) in [6, 6.07) is 5.85. The molecule has 0 aliphatic carbocycles. The molecule has 0 spiro atoms. The van der Waals surface area contributed by atoms with E-state index in [1.54, 1.807) is 0 Å². The maximum atomic E-state index is 12.3. The number of fused-ring (bicyclic) bond motifs is 1. The minimum absolute atomic E-state index is 0.00942. The third kappa shape index (κ3) is 4.98. The first-order chi connectivity index (χ1) is 10.8. The van der Waals surface area contributed by atoms with E-state index in [9.17, 15) is 9.59 Å². The van der Waals surface area contributed by atoms with Crippen LogP contribution < -0.4 is 10.6 Å². The van der Waals surface area contributed by atoms with Crippen LogP contribution in [0.2, 0.25) is 0 Å². The summed E-state index contributed by atoms with van der Waals surface area (Å²) in [5.41, 5.74) is 3.33. The van der Waals surface area contributed by atoms with Gasteiger partial charge >= 0.3 is 6.03 Å². The Morgan fingerprint density at radius 2 is 2.00 bits per heavy atom. The monoisotopic (exact) mass is 317 g/mol. The Labute approximate surface area is 138 Å². The fourth-order valence-corrected chi connectivity index (χ4v) is 2.75. The number of anilines is 1. The van der Waals surface area contributed by atoms with Crippen molar-refractivity contribution >= 4 is 17.6 Å². The fourth-order valence-electron chi connectivity index (χ4n) is 2.75. The average molecular weight is 317 g/mol. The molecule has 0 saturated carbocycles. The molecule has 0 radical (unpaired) electrons. The number of amides is 3. The Hall–Kier alpha value is -2.04. The van der Waals surface area contributed by atoms with Crippen molar-refractivity contribution in [3.8, 4) is 0 Å². The van der Waals surface area contributed by atoms with E-state index in [1.165, 1.54) is 6.92 Å². The third-order valence-corrected chi connectivity index (χ3v) is 4.02. The van der Waals surface area contributed by atoms with Crippen LogP contribution in [0, 0.1) is 5.41 Å². The summed E-state index contributed by atoms with van der Waals surface area (Å²) in [4.78, 5) is 25.4. The maximum absolute atomic E-state index is 12.3. The van der Waals surface area contributed by atoms with E-state index >= 15 is 0 Å². The molecule has 126 valence electrons. The average Bonchev–Trinajstić information content (AvgIpc) is 2.45. The van der Waals surface area contributed by atoms with Gasteiger partial charge in [0.05, 0.1) is 0 Å². The van der Waals surface area contributed by atoms with Crippen molar-refractivity contribution < 1.29 is 9.59 Å². The quantitative estimate of drug-likeness (QED) is 0.899. The number of urea groups is 1. The first kappa shape index (κ1) is 17.3. The molecule has 1 heterocycles.